The largest absolute Gasteiger partial charge is 0.350 e. The molecule has 2 amide bonds. The summed E-state index contributed by atoms with van der Waals surface area (Å²) in [6, 6.07) is 7.96. The average molecular weight is 398 g/mol. The van der Waals surface area contributed by atoms with Gasteiger partial charge in [0, 0.05) is 35.9 Å². The van der Waals surface area contributed by atoms with Gasteiger partial charge in [-0.3, -0.25) is 9.59 Å². The third-order valence-electron chi connectivity index (χ3n) is 5.70. The van der Waals surface area contributed by atoms with Crippen molar-refractivity contribution in [3.63, 3.8) is 0 Å². The number of nitrogens with zero attached hydrogens (tertiary/aromatic N) is 2. The van der Waals surface area contributed by atoms with Crippen molar-refractivity contribution in [1.82, 2.24) is 15.2 Å². The minimum Gasteiger partial charge on any atom is -0.350 e. The van der Waals surface area contributed by atoms with Gasteiger partial charge in [0.1, 0.15) is 0 Å². The molecular formula is C22H27N3O2S. The maximum absolute atomic E-state index is 12.7. The molecule has 1 saturated heterocycles. The number of hydrogen-bond acceptors (Lipinski definition) is 4. The van der Waals surface area contributed by atoms with Crippen molar-refractivity contribution >= 4 is 23.2 Å². The zero-order valence-electron chi connectivity index (χ0n) is 16.3. The highest BCUT2D eigenvalue weighted by Crippen LogP contribution is 2.31. The summed E-state index contributed by atoms with van der Waals surface area (Å²) in [5.41, 5.74) is 2.98. The van der Waals surface area contributed by atoms with E-state index < -0.39 is 0 Å². The van der Waals surface area contributed by atoms with Gasteiger partial charge in [-0.15, -0.1) is 11.3 Å². The molecule has 4 rings (SSSR count). The van der Waals surface area contributed by atoms with Gasteiger partial charge in [0.2, 0.25) is 5.91 Å². The summed E-state index contributed by atoms with van der Waals surface area (Å²) in [7, 11) is 0. The molecule has 5 nitrogen and oxygen atoms in total. The van der Waals surface area contributed by atoms with Crippen molar-refractivity contribution in [3.05, 3.63) is 51.5 Å². The van der Waals surface area contributed by atoms with E-state index in [4.69, 9.17) is 4.98 Å². The fourth-order valence-electron chi connectivity index (χ4n) is 3.65. The molecule has 28 heavy (non-hydrogen) atoms. The molecule has 0 radical (unpaired) electrons. The number of nitrogens with one attached hydrogen (secondary N) is 1. The Morgan fingerprint density at radius 1 is 1.14 bits per heavy atom. The Morgan fingerprint density at radius 2 is 1.86 bits per heavy atom. The number of likely N-dealkylation sites (tertiary alicyclic amines) is 1. The monoisotopic (exact) mass is 397 g/mol. The average Bonchev–Trinajstić information content (AvgIpc) is 3.50. The topological polar surface area (TPSA) is 62.3 Å². The van der Waals surface area contributed by atoms with E-state index in [1.165, 1.54) is 5.56 Å². The zero-order chi connectivity index (χ0) is 19.5. The van der Waals surface area contributed by atoms with Gasteiger partial charge in [0.15, 0.2) is 0 Å². The minimum absolute atomic E-state index is 0.128. The Morgan fingerprint density at radius 3 is 2.50 bits per heavy atom. The first kappa shape index (κ1) is 19.1. The summed E-state index contributed by atoms with van der Waals surface area (Å²) in [6.45, 7) is 4.18. The third-order valence-corrected chi connectivity index (χ3v) is 6.76. The van der Waals surface area contributed by atoms with Gasteiger partial charge in [-0.25, -0.2) is 4.98 Å². The molecule has 6 heteroatoms. The lowest BCUT2D eigenvalue weighted by atomic mass is 9.97. The Kier molecular flexibility index (Phi) is 5.76. The number of amides is 2. The molecule has 0 spiro atoms. The molecule has 2 aliphatic rings. The summed E-state index contributed by atoms with van der Waals surface area (Å²) >= 11 is 1.68. The van der Waals surface area contributed by atoms with Crippen LogP contribution in [0.15, 0.2) is 29.6 Å². The predicted octanol–water partition coefficient (Wildman–Crippen LogP) is 3.75. The van der Waals surface area contributed by atoms with Crippen LogP contribution in [0.2, 0.25) is 0 Å². The van der Waals surface area contributed by atoms with E-state index >= 15 is 0 Å². The molecular weight excluding hydrogens is 370 g/mol. The third kappa shape index (κ3) is 4.43. The summed E-state index contributed by atoms with van der Waals surface area (Å²) in [4.78, 5) is 31.2. The zero-order valence-corrected chi connectivity index (χ0v) is 17.1. The summed E-state index contributed by atoms with van der Waals surface area (Å²) in [5.74, 6) is 0.930. The SMILES string of the molecule is CCc1ccc(C(=O)N2CCC(c3nc(CNC(=O)C4CC4)cs3)CC2)cc1. The van der Waals surface area contributed by atoms with Crippen molar-refractivity contribution in [3.8, 4) is 0 Å². The summed E-state index contributed by atoms with van der Waals surface area (Å²) in [6.07, 6.45) is 4.92. The second-order valence-corrected chi connectivity index (χ2v) is 8.68. The number of carbonyl (C=O) groups excluding carboxylic acids is 2. The van der Waals surface area contributed by atoms with Gasteiger partial charge in [-0.1, -0.05) is 19.1 Å². The molecule has 2 aromatic rings. The molecule has 1 aromatic carbocycles. The maximum atomic E-state index is 12.7. The smallest absolute Gasteiger partial charge is 0.253 e. The molecule has 0 atom stereocenters. The van der Waals surface area contributed by atoms with E-state index in [2.05, 4.69) is 17.6 Å². The van der Waals surface area contributed by atoms with Gasteiger partial charge in [0.25, 0.3) is 5.91 Å². The second-order valence-electron chi connectivity index (χ2n) is 7.79. The highest BCUT2D eigenvalue weighted by molar-refractivity contribution is 7.09. The predicted molar refractivity (Wildman–Crippen MR) is 110 cm³/mol. The fraction of sp³-hybridized carbons (Fsp3) is 0.500. The lowest BCUT2D eigenvalue weighted by Crippen LogP contribution is -2.37. The van der Waals surface area contributed by atoms with Crippen LogP contribution in [-0.2, 0) is 17.8 Å². The van der Waals surface area contributed by atoms with Crippen LogP contribution in [0.5, 0.6) is 0 Å². The Labute approximate surface area is 170 Å². The van der Waals surface area contributed by atoms with E-state index in [0.29, 0.717) is 12.5 Å². The number of aryl methyl sites for hydroxylation is 1. The van der Waals surface area contributed by atoms with Crippen molar-refractivity contribution < 1.29 is 9.59 Å². The number of benzene rings is 1. The fourth-order valence-corrected chi connectivity index (χ4v) is 4.64. The minimum atomic E-state index is 0.128. The molecule has 0 bridgehead atoms. The lowest BCUT2D eigenvalue weighted by molar-refractivity contribution is -0.122. The van der Waals surface area contributed by atoms with Gasteiger partial charge < -0.3 is 10.2 Å². The number of piperidine rings is 1. The van der Waals surface area contributed by atoms with E-state index in [-0.39, 0.29) is 17.7 Å². The number of hydrogen-bond donors (Lipinski definition) is 1. The van der Waals surface area contributed by atoms with Gasteiger partial charge in [-0.05, 0) is 49.8 Å². The van der Waals surface area contributed by atoms with Crippen LogP contribution in [0.4, 0.5) is 0 Å². The molecule has 1 aliphatic carbocycles. The first-order valence-electron chi connectivity index (χ1n) is 10.2. The van der Waals surface area contributed by atoms with Crippen LogP contribution >= 0.6 is 11.3 Å². The summed E-state index contributed by atoms with van der Waals surface area (Å²) < 4.78 is 0. The molecule has 148 valence electrons. The Balaban J connectivity index is 1.28. The standard InChI is InChI=1S/C22H27N3O2S/c1-2-15-3-5-18(6-4-15)22(27)25-11-9-17(10-12-25)21-24-19(14-28-21)13-23-20(26)16-7-8-16/h3-6,14,16-17H,2,7-13H2,1H3,(H,23,26). The first-order chi connectivity index (χ1) is 13.6. The molecule has 2 fully saturated rings. The molecule has 1 aliphatic heterocycles. The lowest BCUT2D eigenvalue weighted by Gasteiger charge is -2.31. The quantitative estimate of drug-likeness (QED) is 0.807. The van der Waals surface area contributed by atoms with E-state index in [1.54, 1.807) is 11.3 Å². The van der Waals surface area contributed by atoms with Crippen LogP contribution in [0, 0.1) is 5.92 Å². The van der Waals surface area contributed by atoms with E-state index in [9.17, 15) is 9.59 Å². The second kappa shape index (κ2) is 8.43. The van der Waals surface area contributed by atoms with E-state index in [0.717, 1.165) is 61.5 Å². The molecule has 1 saturated carbocycles. The highest BCUT2D eigenvalue weighted by Gasteiger charge is 2.29. The van der Waals surface area contributed by atoms with Crippen LogP contribution in [0.25, 0.3) is 0 Å². The molecule has 2 heterocycles. The number of carbonyl (C=O) groups is 2. The molecule has 1 aromatic heterocycles. The van der Waals surface area contributed by atoms with Crippen molar-refractivity contribution in [1.29, 1.82) is 0 Å². The number of rotatable bonds is 6. The number of thiazole rings is 1. The van der Waals surface area contributed by atoms with Gasteiger partial charge >= 0.3 is 0 Å². The van der Waals surface area contributed by atoms with Gasteiger partial charge in [-0.2, -0.15) is 0 Å². The highest BCUT2D eigenvalue weighted by atomic mass is 32.1. The van der Waals surface area contributed by atoms with E-state index in [1.807, 2.05) is 29.2 Å². The van der Waals surface area contributed by atoms with Crippen LogP contribution < -0.4 is 5.32 Å². The Hall–Kier alpha value is -2.21. The molecule has 1 N–H and O–H groups in total. The van der Waals surface area contributed by atoms with Crippen molar-refractivity contribution in [2.24, 2.45) is 5.92 Å². The normalized spacial score (nSPS) is 17.5. The van der Waals surface area contributed by atoms with Crippen molar-refractivity contribution in [2.75, 3.05) is 13.1 Å². The Bertz CT molecular complexity index is 834. The van der Waals surface area contributed by atoms with Crippen LogP contribution in [-0.4, -0.2) is 34.8 Å². The number of aromatic nitrogens is 1. The summed E-state index contributed by atoms with van der Waals surface area (Å²) in [5, 5.41) is 6.16. The van der Waals surface area contributed by atoms with Crippen molar-refractivity contribution in [2.45, 2.75) is 51.5 Å². The van der Waals surface area contributed by atoms with Crippen LogP contribution in [0.3, 0.4) is 0 Å². The molecule has 0 unspecified atom stereocenters. The maximum Gasteiger partial charge on any atom is 0.253 e. The van der Waals surface area contributed by atoms with Crippen LogP contribution in [0.1, 0.15) is 65.1 Å². The van der Waals surface area contributed by atoms with Gasteiger partial charge in [0.05, 0.1) is 17.2 Å². The first-order valence-corrected chi connectivity index (χ1v) is 11.1.